The lowest BCUT2D eigenvalue weighted by Gasteiger charge is -2.63. The van der Waals surface area contributed by atoms with E-state index < -0.39 is 67.5 Å². The molecule has 1 saturated carbocycles. The number of ether oxygens (including phenoxy) is 5. The van der Waals surface area contributed by atoms with Crippen LogP contribution in [0.2, 0.25) is 0 Å². The number of likely N-dealkylation sites (N-methyl/N-ethyl adjacent to an activating group) is 1. The normalized spacial score (nSPS) is 33.2. The van der Waals surface area contributed by atoms with Gasteiger partial charge in [0.2, 0.25) is 15.6 Å². The second-order valence-corrected chi connectivity index (χ2v) is 22.2. The molecule has 3 N–H and O–H groups in total. The number of aromatic amines is 1. The van der Waals surface area contributed by atoms with Crippen LogP contribution in [0, 0.1) is 11.3 Å². The molecule has 0 radical (unpaired) electrons. The number of esters is 3. The number of nitrogens with one attached hydrogen (secondary N) is 2. The van der Waals surface area contributed by atoms with Crippen molar-refractivity contribution >= 4 is 44.5 Å². The summed E-state index contributed by atoms with van der Waals surface area (Å²) in [6.07, 6.45) is 5.34. The van der Waals surface area contributed by atoms with Crippen LogP contribution in [0.5, 0.6) is 11.5 Å². The summed E-state index contributed by atoms with van der Waals surface area (Å²) >= 11 is 0. The molecular weight excluding hydrogens is 915 g/mol. The third-order valence-corrected chi connectivity index (χ3v) is 19.0. The molecule has 70 heavy (non-hydrogen) atoms. The van der Waals surface area contributed by atoms with Crippen LogP contribution >= 0.6 is 0 Å². The third kappa shape index (κ3) is 6.66. The number of aliphatic hydroxyl groups is 1. The number of rotatable bonds is 11. The molecule has 3 fully saturated rings. The minimum Gasteiger partial charge on any atom is -0.497 e. The van der Waals surface area contributed by atoms with E-state index in [1.165, 1.54) is 28.3 Å². The van der Waals surface area contributed by atoms with Crippen molar-refractivity contribution in [2.24, 2.45) is 11.3 Å². The molecule has 2 bridgehead atoms. The van der Waals surface area contributed by atoms with Crippen molar-refractivity contribution in [3.63, 3.8) is 0 Å². The van der Waals surface area contributed by atoms with Gasteiger partial charge in [-0.25, -0.2) is 17.9 Å². The van der Waals surface area contributed by atoms with E-state index in [2.05, 4.69) is 31.6 Å². The van der Waals surface area contributed by atoms with Crippen LogP contribution in [-0.2, 0) is 55.9 Å². The van der Waals surface area contributed by atoms with E-state index in [0.29, 0.717) is 93.3 Å². The standard InChI is InChI=1S/C53H65N5O11S/c1-9-49(55-70(63,64)35-18-16-34(65-5)17-19-35)28-33-29-52(47(60)67-7,43-37(20-24-57(30-33)31-49)36-14-11-12-15-40(36)54-43)39-26-38-41(27-42(39)66-6)56(4)45-51(38)22-25-58-23-13-21-50(10-2,44(51)58)46(69-32(3)59)53(45,62)48(61)68-8/h11-19,21,26-27,33,44-46,54-55,62H,9-10,20,22-25,28-31H2,1-8H3/t33-,44+,45-,46-,49+,50-,51-,52+,53+/m1/s1. The summed E-state index contributed by atoms with van der Waals surface area (Å²) in [5.41, 5.74) is -2.32. The van der Waals surface area contributed by atoms with Gasteiger partial charge in [0.15, 0.2) is 6.10 Å². The minimum atomic E-state index is -4.02. The van der Waals surface area contributed by atoms with E-state index in [1.807, 2.05) is 62.2 Å². The molecule has 1 spiro atoms. The lowest BCUT2D eigenvalue weighted by molar-refractivity contribution is -0.228. The summed E-state index contributed by atoms with van der Waals surface area (Å²) in [7, 11) is 3.57. The Morgan fingerprint density at radius 1 is 0.900 bits per heavy atom. The zero-order valence-electron chi connectivity index (χ0n) is 41.3. The van der Waals surface area contributed by atoms with Crippen molar-refractivity contribution in [3.8, 4) is 11.5 Å². The van der Waals surface area contributed by atoms with E-state index in [4.69, 9.17) is 23.7 Å². The number of hydrogen-bond donors (Lipinski definition) is 3. The molecule has 16 nitrogen and oxygen atoms in total. The van der Waals surface area contributed by atoms with Crippen molar-refractivity contribution in [2.75, 3.05) is 73.1 Å². The number of methoxy groups -OCH3 is 4. The fourth-order valence-corrected chi connectivity index (χ4v) is 16.3. The van der Waals surface area contributed by atoms with Gasteiger partial charge in [0.1, 0.15) is 16.9 Å². The first-order valence-corrected chi connectivity index (χ1v) is 25.9. The van der Waals surface area contributed by atoms with Gasteiger partial charge >= 0.3 is 17.9 Å². The maximum atomic E-state index is 15.7. The Morgan fingerprint density at radius 3 is 2.31 bits per heavy atom. The van der Waals surface area contributed by atoms with Crippen LogP contribution in [0.3, 0.4) is 0 Å². The van der Waals surface area contributed by atoms with Crippen LogP contribution < -0.4 is 19.1 Å². The van der Waals surface area contributed by atoms with Crippen molar-refractivity contribution in [1.29, 1.82) is 0 Å². The number of sulfonamides is 1. The number of fused-ring (bicyclic) bond motifs is 6. The maximum absolute atomic E-state index is 15.7. The van der Waals surface area contributed by atoms with E-state index in [9.17, 15) is 23.1 Å². The molecule has 4 aromatic rings. The second-order valence-electron chi connectivity index (χ2n) is 20.5. The fourth-order valence-electron chi connectivity index (χ4n) is 14.8. The third-order valence-electron chi connectivity index (χ3n) is 17.4. The van der Waals surface area contributed by atoms with Crippen LogP contribution in [0.25, 0.3) is 10.9 Å². The van der Waals surface area contributed by atoms with Gasteiger partial charge < -0.3 is 43.6 Å². The van der Waals surface area contributed by atoms with Crippen LogP contribution in [-0.4, -0.2) is 144 Å². The van der Waals surface area contributed by atoms with Gasteiger partial charge in [0, 0.05) is 96.5 Å². The van der Waals surface area contributed by atoms with Gasteiger partial charge in [0.05, 0.1) is 39.4 Å². The molecule has 1 aliphatic carbocycles. The number of piperidine rings is 1. The molecule has 6 aliphatic rings. The Bertz CT molecular complexity index is 2910. The van der Waals surface area contributed by atoms with Crippen LogP contribution in [0.15, 0.2) is 77.7 Å². The minimum absolute atomic E-state index is 0.127. The monoisotopic (exact) mass is 979 g/mol. The molecule has 1 aromatic heterocycles. The number of nitrogens with zero attached hydrogens (tertiary/aromatic N) is 3. The molecule has 10 rings (SSSR count). The molecule has 5 aliphatic heterocycles. The second kappa shape index (κ2) is 17.1. The molecule has 2 saturated heterocycles. The predicted molar refractivity (Wildman–Crippen MR) is 262 cm³/mol. The SMILES string of the molecule is CC[C@]1(NS(=O)(=O)c2ccc(OC)cc2)C[C@H]2CN(CCc3c([nH]c4ccccc34)[C@@](C(=O)OC)(c3cc4c(cc3OC)N(C)[C@H]3[C@@](O)(C(=O)OC)[C@H](OC(C)=O)[C@]5(CC)C=CCN6CC[C@]43[C@@H]65)C2)C1. The number of para-hydroxylation sites is 1. The summed E-state index contributed by atoms with van der Waals surface area (Å²) in [6.45, 7) is 8.14. The fraction of sp³-hybridized carbons (Fsp3) is 0.528. The first-order chi connectivity index (χ1) is 33.5. The van der Waals surface area contributed by atoms with Gasteiger partial charge in [0.25, 0.3) is 0 Å². The highest BCUT2D eigenvalue weighted by Gasteiger charge is 2.80. The lowest BCUT2D eigenvalue weighted by Crippen LogP contribution is -2.81. The molecule has 17 heteroatoms. The van der Waals surface area contributed by atoms with Crippen molar-refractivity contribution in [1.82, 2.24) is 19.5 Å². The first-order valence-electron chi connectivity index (χ1n) is 24.4. The molecule has 6 heterocycles. The molecule has 10 atom stereocenters. The molecule has 1 unspecified atom stereocenters. The summed E-state index contributed by atoms with van der Waals surface area (Å²) < 4.78 is 61.4. The van der Waals surface area contributed by atoms with Crippen molar-refractivity contribution in [2.45, 2.75) is 104 Å². The topological polar surface area (TPSA) is 189 Å². The number of H-pyrrole nitrogens is 1. The van der Waals surface area contributed by atoms with Crippen molar-refractivity contribution < 1.29 is 51.6 Å². The van der Waals surface area contributed by atoms with Gasteiger partial charge in [-0.2, -0.15) is 0 Å². The summed E-state index contributed by atoms with van der Waals surface area (Å²) in [4.78, 5) is 53.9. The zero-order valence-corrected chi connectivity index (χ0v) is 42.1. The maximum Gasteiger partial charge on any atom is 0.344 e. The highest BCUT2D eigenvalue weighted by atomic mass is 32.2. The highest BCUT2D eigenvalue weighted by Crippen LogP contribution is 2.68. The Labute approximate surface area is 409 Å². The number of benzene rings is 3. The highest BCUT2D eigenvalue weighted by molar-refractivity contribution is 7.89. The first kappa shape index (κ1) is 48.2. The quantitative estimate of drug-likeness (QED) is 0.104. The molecule has 374 valence electrons. The number of carbonyl (C=O) groups is 3. The zero-order chi connectivity index (χ0) is 49.8. The van der Waals surface area contributed by atoms with E-state index >= 15 is 4.79 Å². The van der Waals surface area contributed by atoms with Gasteiger partial charge in [-0.15, -0.1) is 0 Å². The Hall–Kier alpha value is -5.46. The average molecular weight is 980 g/mol. The van der Waals surface area contributed by atoms with E-state index in [-0.39, 0.29) is 23.3 Å². The van der Waals surface area contributed by atoms with Crippen LogP contribution in [0.4, 0.5) is 5.69 Å². The van der Waals surface area contributed by atoms with Crippen molar-refractivity contribution in [3.05, 3.63) is 95.2 Å². The lowest BCUT2D eigenvalue weighted by atomic mass is 9.47. The Morgan fingerprint density at radius 2 is 1.64 bits per heavy atom. The van der Waals surface area contributed by atoms with Gasteiger partial charge in [-0.05, 0) is 98.5 Å². The largest absolute Gasteiger partial charge is 0.497 e. The Balaban J connectivity index is 1.21. The number of anilines is 1. The molecule has 3 aromatic carbocycles. The van der Waals surface area contributed by atoms with E-state index in [0.717, 1.165) is 22.0 Å². The summed E-state index contributed by atoms with van der Waals surface area (Å²) in [6, 6.07) is 17.0. The Kier molecular flexibility index (Phi) is 11.8. The van der Waals surface area contributed by atoms with Crippen LogP contribution in [0.1, 0.15) is 75.3 Å². The molecule has 0 amide bonds. The summed E-state index contributed by atoms with van der Waals surface area (Å²) in [5, 5.41) is 14.4. The molecular formula is C53H65N5O11S. The van der Waals surface area contributed by atoms with E-state index in [1.54, 1.807) is 31.4 Å². The van der Waals surface area contributed by atoms with Gasteiger partial charge in [-0.3, -0.25) is 14.5 Å². The smallest absolute Gasteiger partial charge is 0.344 e. The predicted octanol–water partition coefficient (Wildman–Crippen LogP) is 4.99. The average Bonchev–Trinajstić information content (AvgIpc) is 4.02. The summed E-state index contributed by atoms with van der Waals surface area (Å²) in [5.74, 6) is -1.38. The number of aromatic nitrogens is 1. The number of hydrogen-bond acceptors (Lipinski definition) is 14. The number of carbonyl (C=O) groups excluding carboxylic acids is 3. The van der Waals surface area contributed by atoms with Gasteiger partial charge in [-0.1, -0.05) is 44.2 Å².